The summed E-state index contributed by atoms with van der Waals surface area (Å²) < 4.78 is 0. The normalized spacial score (nSPS) is 40.6. The Labute approximate surface area is 112 Å². The van der Waals surface area contributed by atoms with Crippen LogP contribution in [0.15, 0.2) is 24.5 Å². The quantitative estimate of drug-likeness (QED) is 0.868. The summed E-state index contributed by atoms with van der Waals surface area (Å²) in [5.41, 5.74) is 1.79. The first-order valence-corrected chi connectivity index (χ1v) is 7.03. The maximum absolute atomic E-state index is 12.1. The van der Waals surface area contributed by atoms with Crippen molar-refractivity contribution in [1.29, 1.82) is 0 Å². The molecule has 4 nitrogen and oxygen atoms in total. The second-order valence-electron chi connectivity index (χ2n) is 6.46. The predicted molar refractivity (Wildman–Crippen MR) is 69.5 cm³/mol. The minimum atomic E-state index is -0.426. The molecule has 2 heterocycles. The van der Waals surface area contributed by atoms with Crippen LogP contribution >= 0.6 is 0 Å². The van der Waals surface area contributed by atoms with Crippen LogP contribution < -0.4 is 0 Å². The number of aromatic nitrogens is 1. The number of nitrogens with zero attached hydrogens (tertiary/aromatic N) is 2. The van der Waals surface area contributed by atoms with Crippen molar-refractivity contribution in [1.82, 2.24) is 9.88 Å². The highest BCUT2D eigenvalue weighted by Crippen LogP contribution is 2.70. The number of amides is 1. The fraction of sp³-hybridized carbons (Fsp3) is 0.600. The summed E-state index contributed by atoms with van der Waals surface area (Å²) in [5, 5.41) is 9.54. The Morgan fingerprint density at radius 2 is 1.95 bits per heavy atom. The summed E-state index contributed by atoms with van der Waals surface area (Å²) in [7, 11) is 0. The van der Waals surface area contributed by atoms with Gasteiger partial charge >= 0.3 is 0 Å². The molecule has 4 aliphatic rings. The number of hydrogen-bond acceptors (Lipinski definition) is 3. The Morgan fingerprint density at radius 1 is 1.26 bits per heavy atom. The van der Waals surface area contributed by atoms with Crippen LogP contribution in [0.1, 0.15) is 37.7 Å². The van der Waals surface area contributed by atoms with E-state index in [0.717, 1.165) is 32.2 Å². The topological polar surface area (TPSA) is 53.4 Å². The van der Waals surface area contributed by atoms with Gasteiger partial charge in [0, 0.05) is 29.9 Å². The Balaban J connectivity index is 1.50. The lowest BCUT2D eigenvalue weighted by Crippen LogP contribution is -2.78. The third-order valence-electron chi connectivity index (χ3n) is 5.26. The van der Waals surface area contributed by atoms with E-state index in [9.17, 15) is 9.90 Å². The van der Waals surface area contributed by atoms with Crippen molar-refractivity contribution < 1.29 is 9.90 Å². The Morgan fingerprint density at radius 3 is 2.58 bits per heavy atom. The molecular formula is C15H18N2O2. The Kier molecular flexibility index (Phi) is 2.14. The predicted octanol–water partition coefficient (Wildman–Crippen LogP) is 1.24. The van der Waals surface area contributed by atoms with E-state index in [1.54, 1.807) is 0 Å². The zero-order valence-corrected chi connectivity index (χ0v) is 10.9. The first kappa shape index (κ1) is 11.4. The average molecular weight is 258 g/mol. The van der Waals surface area contributed by atoms with Crippen LogP contribution in [-0.4, -0.2) is 39.1 Å². The van der Waals surface area contributed by atoms with Gasteiger partial charge in [0.05, 0.1) is 12.5 Å². The summed E-state index contributed by atoms with van der Waals surface area (Å²) >= 11 is 0. The molecule has 1 aliphatic heterocycles. The molecule has 1 aromatic heterocycles. The number of carbonyl (C=O) groups excluding carboxylic acids is 1. The lowest BCUT2D eigenvalue weighted by atomic mass is 9.37. The summed E-state index contributed by atoms with van der Waals surface area (Å²) in [6.07, 6.45) is 7.59. The molecular weight excluding hydrogens is 240 g/mol. The van der Waals surface area contributed by atoms with Gasteiger partial charge in [0.1, 0.15) is 0 Å². The molecule has 1 amide bonds. The van der Waals surface area contributed by atoms with Crippen molar-refractivity contribution >= 4 is 5.91 Å². The molecule has 2 bridgehead atoms. The van der Waals surface area contributed by atoms with Gasteiger partial charge < -0.3 is 10.0 Å². The van der Waals surface area contributed by atoms with Gasteiger partial charge in [-0.05, 0) is 43.4 Å². The third-order valence-corrected chi connectivity index (χ3v) is 5.26. The molecule has 3 aliphatic carbocycles. The van der Waals surface area contributed by atoms with Gasteiger partial charge in [-0.25, -0.2) is 0 Å². The van der Waals surface area contributed by atoms with Crippen molar-refractivity contribution in [2.45, 2.75) is 49.2 Å². The highest BCUT2D eigenvalue weighted by molar-refractivity contribution is 5.79. The van der Waals surface area contributed by atoms with Gasteiger partial charge in [0.15, 0.2) is 0 Å². The maximum Gasteiger partial charge on any atom is 0.225 e. The molecule has 100 valence electrons. The van der Waals surface area contributed by atoms with E-state index in [-0.39, 0.29) is 11.4 Å². The molecule has 5 rings (SSSR count). The van der Waals surface area contributed by atoms with Crippen LogP contribution in [0.5, 0.6) is 0 Å². The molecule has 1 aromatic rings. The van der Waals surface area contributed by atoms with Crippen LogP contribution in [0.25, 0.3) is 0 Å². The van der Waals surface area contributed by atoms with Gasteiger partial charge in [-0.2, -0.15) is 0 Å². The number of aliphatic hydroxyl groups excluding tert-OH is 1. The Bertz CT molecular complexity index is 508. The van der Waals surface area contributed by atoms with E-state index in [1.807, 2.05) is 17.3 Å². The molecule has 1 N–H and O–H groups in total. The molecule has 1 unspecified atom stereocenters. The minimum Gasteiger partial charge on any atom is -0.393 e. The molecule has 19 heavy (non-hydrogen) atoms. The van der Waals surface area contributed by atoms with Gasteiger partial charge in [0.25, 0.3) is 0 Å². The van der Waals surface area contributed by atoms with Crippen LogP contribution in [0.3, 0.4) is 0 Å². The van der Waals surface area contributed by atoms with Gasteiger partial charge in [-0.15, -0.1) is 0 Å². The van der Waals surface area contributed by atoms with Crippen molar-refractivity contribution in [3.05, 3.63) is 30.1 Å². The van der Waals surface area contributed by atoms with E-state index in [2.05, 4.69) is 17.1 Å². The van der Waals surface area contributed by atoms with Gasteiger partial charge in [-0.1, -0.05) is 0 Å². The lowest BCUT2D eigenvalue weighted by molar-refractivity contribution is -0.192. The molecule has 0 radical (unpaired) electrons. The van der Waals surface area contributed by atoms with E-state index >= 15 is 0 Å². The van der Waals surface area contributed by atoms with Crippen molar-refractivity contribution in [2.24, 2.45) is 0 Å². The molecule has 4 fully saturated rings. The SMILES string of the molecule is O=C1CC(O)CCN1C12CC(c3ccncc3)(C1)C2. The number of piperidine rings is 1. The van der Waals surface area contributed by atoms with Crippen molar-refractivity contribution in [2.75, 3.05) is 6.54 Å². The van der Waals surface area contributed by atoms with E-state index in [0.29, 0.717) is 11.8 Å². The molecule has 0 aromatic carbocycles. The van der Waals surface area contributed by atoms with E-state index in [4.69, 9.17) is 0 Å². The zero-order valence-electron chi connectivity index (χ0n) is 10.9. The molecule has 1 saturated heterocycles. The summed E-state index contributed by atoms with van der Waals surface area (Å²) in [5.74, 6) is 0.141. The highest BCUT2D eigenvalue weighted by atomic mass is 16.3. The molecule has 3 saturated carbocycles. The van der Waals surface area contributed by atoms with Crippen LogP contribution in [0.2, 0.25) is 0 Å². The smallest absolute Gasteiger partial charge is 0.225 e. The van der Waals surface area contributed by atoms with Gasteiger partial charge in [0.2, 0.25) is 5.91 Å². The fourth-order valence-electron chi connectivity index (χ4n) is 4.35. The monoisotopic (exact) mass is 258 g/mol. The second-order valence-corrected chi connectivity index (χ2v) is 6.46. The summed E-state index contributed by atoms with van der Waals surface area (Å²) in [4.78, 5) is 18.2. The number of rotatable bonds is 2. The number of likely N-dealkylation sites (tertiary alicyclic amines) is 1. The van der Waals surface area contributed by atoms with E-state index < -0.39 is 6.10 Å². The number of carbonyl (C=O) groups is 1. The lowest BCUT2D eigenvalue weighted by Gasteiger charge is -2.74. The molecule has 1 atom stereocenters. The van der Waals surface area contributed by atoms with Crippen molar-refractivity contribution in [3.8, 4) is 0 Å². The van der Waals surface area contributed by atoms with Crippen LogP contribution in [0.4, 0.5) is 0 Å². The van der Waals surface area contributed by atoms with Crippen LogP contribution in [0, 0.1) is 0 Å². The van der Waals surface area contributed by atoms with Crippen molar-refractivity contribution in [3.63, 3.8) is 0 Å². The van der Waals surface area contributed by atoms with Crippen LogP contribution in [-0.2, 0) is 10.2 Å². The molecule has 0 spiro atoms. The maximum atomic E-state index is 12.1. The average Bonchev–Trinajstić information content (AvgIpc) is 2.30. The Hall–Kier alpha value is -1.42. The second kappa shape index (κ2) is 3.57. The molecule has 4 heteroatoms. The third kappa shape index (κ3) is 1.43. The van der Waals surface area contributed by atoms with E-state index in [1.165, 1.54) is 5.56 Å². The standard InChI is InChI=1S/C15H18N2O2/c18-12-3-6-17(13(19)7-12)15-8-14(9-15,10-15)11-1-4-16-5-2-11/h1-2,4-5,12,18H,3,6-10H2. The first-order chi connectivity index (χ1) is 9.14. The summed E-state index contributed by atoms with van der Waals surface area (Å²) in [6, 6.07) is 4.20. The number of aliphatic hydroxyl groups is 1. The first-order valence-electron chi connectivity index (χ1n) is 7.03. The summed E-state index contributed by atoms with van der Waals surface area (Å²) in [6.45, 7) is 0.729. The highest BCUT2D eigenvalue weighted by Gasteiger charge is 2.71. The number of hydrogen-bond donors (Lipinski definition) is 1. The zero-order chi connectivity index (χ0) is 13.1. The largest absolute Gasteiger partial charge is 0.393 e. The van der Waals surface area contributed by atoms with Gasteiger partial charge in [-0.3, -0.25) is 9.78 Å². The minimum absolute atomic E-state index is 0.112. The number of pyridine rings is 1. The fourth-order valence-corrected chi connectivity index (χ4v) is 4.35.